The fourth-order valence-electron chi connectivity index (χ4n) is 2.25. The van der Waals surface area contributed by atoms with Gasteiger partial charge < -0.3 is 19.8 Å². The summed E-state index contributed by atoms with van der Waals surface area (Å²) in [5.41, 5.74) is 1.03. The third-order valence-electron chi connectivity index (χ3n) is 3.46. The van der Waals surface area contributed by atoms with E-state index in [0.717, 1.165) is 15.8 Å². The van der Waals surface area contributed by atoms with Crippen LogP contribution in [0.1, 0.15) is 12.0 Å². The lowest BCUT2D eigenvalue weighted by atomic mass is 10.1. The Morgan fingerprint density at radius 2 is 2.05 bits per heavy atom. The van der Waals surface area contributed by atoms with E-state index in [1.54, 1.807) is 7.11 Å². The number of aliphatic hydroxyl groups excluding tert-OH is 2. The third-order valence-corrected chi connectivity index (χ3v) is 4.08. The minimum Gasteiger partial charge on any atom is -0.496 e. The van der Waals surface area contributed by atoms with Gasteiger partial charge in [0.25, 0.3) is 0 Å². The van der Waals surface area contributed by atoms with E-state index in [9.17, 15) is 15.0 Å². The van der Waals surface area contributed by atoms with Crippen molar-refractivity contribution < 1.29 is 19.7 Å². The highest BCUT2D eigenvalue weighted by atomic mass is 79.9. The molecule has 1 aliphatic rings. The minimum absolute atomic E-state index is 0.0486. The first-order valence-electron chi connectivity index (χ1n) is 6.47. The summed E-state index contributed by atoms with van der Waals surface area (Å²) in [6, 6.07) is 5.71. The largest absolute Gasteiger partial charge is 0.496 e. The molecule has 2 atom stereocenters. The fraction of sp³-hybridized carbons (Fsp3) is 0.500. The van der Waals surface area contributed by atoms with Crippen LogP contribution in [0.4, 0.5) is 0 Å². The maximum atomic E-state index is 12.0. The van der Waals surface area contributed by atoms with E-state index in [1.165, 1.54) is 4.90 Å². The zero-order valence-electron chi connectivity index (χ0n) is 11.3. The van der Waals surface area contributed by atoms with E-state index in [4.69, 9.17) is 4.74 Å². The van der Waals surface area contributed by atoms with E-state index in [-0.39, 0.29) is 19.0 Å². The second-order valence-electron chi connectivity index (χ2n) is 4.90. The number of aryl methyl sites for hydroxylation is 1. The van der Waals surface area contributed by atoms with Gasteiger partial charge in [0, 0.05) is 19.5 Å². The summed E-state index contributed by atoms with van der Waals surface area (Å²) in [7, 11) is 1.60. The van der Waals surface area contributed by atoms with Crippen molar-refractivity contribution in [2.45, 2.75) is 25.0 Å². The van der Waals surface area contributed by atoms with Gasteiger partial charge in [-0.3, -0.25) is 4.79 Å². The van der Waals surface area contributed by atoms with Crippen LogP contribution in [0.15, 0.2) is 22.7 Å². The van der Waals surface area contributed by atoms with E-state index in [2.05, 4.69) is 15.9 Å². The lowest BCUT2D eigenvalue weighted by molar-refractivity contribution is -0.130. The molecule has 1 amide bonds. The molecule has 1 heterocycles. The van der Waals surface area contributed by atoms with Crippen LogP contribution in [0.5, 0.6) is 5.75 Å². The molecule has 1 aromatic carbocycles. The van der Waals surface area contributed by atoms with Gasteiger partial charge >= 0.3 is 0 Å². The molecule has 0 saturated carbocycles. The first kappa shape index (κ1) is 15.3. The number of β-amino-alcohol motifs (C(OH)–C–C–N with tert-alkyl or cyclic N) is 2. The van der Waals surface area contributed by atoms with Crippen molar-refractivity contribution >= 4 is 21.8 Å². The predicted octanol–water partition coefficient (Wildman–Crippen LogP) is 0.954. The molecule has 1 saturated heterocycles. The molecule has 0 radical (unpaired) electrons. The van der Waals surface area contributed by atoms with Gasteiger partial charge in [-0.25, -0.2) is 0 Å². The molecule has 110 valence electrons. The predicted molar refractivity (Wildman–Crippen MR) is 77.6 cm³/mol. The Balaban J connectivity index is 1.89. The molecule has 1 aromatic rings. The van der Waals surface area contributed by atoms with Gasteiger partial charge in [0.1, 0.15) is 5.75 Å². The molecule has 0 bridgehead atoms. The Morgan fingerprint density at radius 1 is 1.40 bits per heavy atom. The van der Waals surface area contributed by atoms with Crippen LogP contribution in [0, 0.1) is 0 Å². The van der Waals surface area contributed by atoms with E-state index >= 15 is 0 Å². The fourth-order valence-corrected chi connectivity index (χ4v) is 2.84. The number of nitrogens with zero attached hydrogens (tertiary/aromatic N) is 1. The van der Waals surface area contributed by atoms with Crippen molar-refractivity contribution in [1.82, 2.24) is 4.90 Å². The second-order valence-corrected chi connectivity index (χ2v) is 5.76. The van der Waals surface area contributed by atoms with Gasteiger partial charge in [0.2, 0.25) is 5.91 Å². The molecule has 6 heteroatoms. The summed E-state index contributed by atoms with van der Waals surface area (Å²) in [6.07, 6.45) is -0.675. The van der Waals surface area contributed by atoms with Crippen molar-refractivity contribution in [3.63, 3.8) is 0 Å². The van der Waals surface area contributed by atoms with Crippen LogP contribution in [0.2, 0.25) is 0 Å². The van der Waals surface area contributed by atoms with Gasteiger partial charge in [-0.1, -0.05) is 6.07 Å². The standard InChI is InChI=1S/C14H18BrNO4/c1-20-13-4-2-9(6-10(13)15)3-5-14(19)16-7-11(17)12(18)8-16/h2,4,6,11-12,17-18H,3,5,7-8H2,1H3. The smallest absolute Gasteiger partial charge is 0.223 e. The SMILES string of the molecule is COc1ccc(CCC(=O)N2CC(O)C(O)C2)cc1Br. The number of likely N-dealkylation sites (tertiary alicyclic amines) is 1. The Bertz CT molecular complexity index is 484. The van der Waals surface area contributed by atoms with Crippen LogP contribution in [-0.4, -0.2) is 53.4 Å². The second kappa shape index (κ2) is 6.56. The van der Waals surface area contributed by atoms with Crippen molar-refractivity contribution in [3.8, 4) is 5.75 Å². The molecule has 1 aliphatic heterocycles. The van der Waals surface area contributed by atoms with E-state index in [0.29, 0.717) is 12.8 Å². The topological polar surface area (TPSA) is 70.0 Å². The molecule has 0 aliphatic carbocycles. The first-order valence-corrected chi connectivity index (χ1v) is 7.27. The lowest BCUT2D eigenvalue weighted by Crippen LogP contribution is -2.29. The quantitative estimate of drug-likeness (QED) is 0.854. The highest BCUT2D eigenvalue weighted by Gasteiger charge is 2.32. The Labute approximate surface area is 126 Å². The number of carbonyl (C=O) groups is 1. The molecular weight excluding hydrogens is 326 g/mol. The number of aliphatic hydroxyl groups is 2. The highest BCUT2D eigenvalue weighted by molar-refractivity contribution is 9.10. The van der Waals surface area contributed by atoms with Gasteiger partial charge in [0.15, 0.2) is 0 Å². The molecular formula is C14H18BrNO4. The number of methoxy groups -OCH3 is 1. The summed E-state index contributed by atoms with van der Waals surface area (Å²) < 4.78 is 6.01. The Kier molecular flexibility index (Phi) is 5.01. The van der Waals surface area contributed by atoms with Crippen molar-refractivity contribution in [3.05, 3.63) is 28.2 Å². The van der Waals surface area contributed by atoms with Crippen LogP contribution in [0.3, 0.4) is 0 Å². The number of amides is 1. The molecule has 1 fully saturated rings. The normalized spacial score (nSPS) is 22.1. The molecule has 2 rings (SSSR count). The summed E-state index contributed by atoms with van der Waals surface area (Å²) in [5, 5.41) is 18.9. The molecule has 2 N–H and O–H groups in total. The van der Waals surface area contributed by atoms with Crippen LogP contribution in [-0.2, 0) is 11.2 Å². The average molecular weight is 344 g/mol. The van der Waals surface area contributed by atoms with Gasteiger partial charge in [-0.2, -0.15) is 0 Å². The zero-order chi connectivity index (χ0) is 14.7. The average Bonchev–Trinajstić information content (AvgIpc) is 2.76. The molecule has 0 spiro atoms. The number of hydrogen-bond acceptors (Lipinski definition) is 4. The van der Waals surface area contributed by atoms with E-state index < -0.39 is 12.2 Å². The minimum atomic E-state index is -0.825. The number of halogens is 1. The first-order chi connectivity index (χ1) is 9.51. The molecule has 20 heavy (non-hydrogen) atoms. The number of carbonyl (C=O) groups excluding carboxylic acids is 1. The van der Waals surface area contributed by atoms with Crippen molar-refractivity contribution in [1.29, 1.82) is 0 Å². The third kappa shape index (κ3) is 3.50. The Morgan fingerprint density at radius 3 is 2.60 bits per heavy atom. The summed E-state index contributed by atoms with van der Waals surface area (Å²) >= 11 is 3.41. The lowest BCUT2D eigenvalue weighted by Gasteiger charge is -2.15. The summed E-state index contributed by atoms with van der Waals surface area (Å²) in [6.45, 7) is 0.429. The molecule has 0 aromatic heterocycles. The highest BCUT2D eigenvalue weighted by Crippen LogP contribution is 2.26. The van der Waals surface area contributed by atoms with Gasteiger partial charge in [-0.15, -0.1) is 0 Å². The van der Waals surface area contributed by atoms with Gasteiger partial charge in [-0.05, 0) is 40.0 Å². The maximum absolute atomic E-state index is 12.0. The van der Waals surface area contributed by atoms with Crippen LogP contribution >= 0.6 is 15.9 Å². The number of ether oxygens (including phenoxy) is 1. The number of rotatable bonds is 4. The number of benzene rings is 1. The van der Waals surface area contributed by atoms with Crippen molar-refractivity contribution in [2.75, 3.05) is 20.2 Å². The Hall–Kier alpha value is -1.11. The monoisotopic (exact) mass is 343 g/mol. The molecule has 2 unspecified atom stereocenters. The maximum Gasteiger partial charge on any atom is 0.223 e. The summed E-state index contributed by atoms with van der Waals surface area (Å²) in [4.78, 5) is 13.5. The van der Waals surface area contributed by atoms with E-state index in [1.807, 2.05) is 18.2 Å². The zero-order valence-corrected chi connectivity index (χ0v) is 12.8. The summed E-state index contributed by atoms with van der Waals surface area (Å²) in [5.74, 6) is 0.707. The van der Waals surface area contributed by atoms with Crippen molar-refractivity contribution in [2.24, 2.45) is 0 Å². The molecule has 5 nitrogen and oxygen atoms in total. The van der Waals surface area contributed by atoms with Gasteiger partial charge in [0.05, 0.1) is 23.8 Å². The van der Waals surface area contributed by atoms with Crippen LogP contribution in [0.25, 0.3) is 0 Å². The number of hydrogen-bond donors (Lipinski definition) is 2. The van der Waals surface area contributed by atoms with Crippen LogP contribution < -0.4 is 4.74 Å².